The van der Waals surface area contributed by atoms with E-state index in [0.29, 0.717) is 0 Å². The van der Waals surface area contributed by atoms with Gasteiger partial charge in [0.2, 0.25) is 0 Å². The standard InChI is InChI=1S/C9H15NO4/c1-3-7(10-9(12)13)6-14-8(4-2)5-11/h3-4,7-8,10-11H,1-2,5-6H2,(H,12,13)/t7-,8?/m0/s1. The van der Waals surface area contributed by atoms with Crippen molar-refractivity contribution in [2.24, 2.45) is 0 Å². The molecule has 1 unspecified atom stereocenters. The van der Waals surface area contributed by atoms with Gasteiger partial charge in [-0.1, -0.05) is 12.2 Å². The molecule has 0 saturated heterocycles. The Bertz CT molecular complexity index is 205. The lowest BCUT2D eigenvalue weighted by molar-refractivity contribution is 0.0367. The lowest BCUT2D eigenvalue weighted by Crippen LogP contribution is -2.36. The maximum atomic E-state index is 10.3. The number of carboxylic acid groups (broad SMARTS) is 1. The largest absolute Gasteiger partial charge is 0.465 e. The minimum atomic E-state index is -1.14. The molecular formula is C9H15NO4. The van der Waals surface area contributed by atoms with E-state index in [0.717, 1.165) is 0 Å². The van der Waals surface area contributed by atoms with Gasteiger partial charge < -0.3 is 20.3 Å². The normalized spacial score (nSPS) is 14.1. The number of amides is 1. The summed E-state index contributed by atoms with van der Waals surface area (Å²) in [6.07, 6.45) is 1.25. The van der Waals surface area contributed by atoms with Gasteiger partial charge in [0, 0.05) is 0 Å². The van der Waals surface area contributed by atoms with Crippen molar-refractivity contribution in [2.45, 2.75) is 12.1 Å². The smallest absolute Gasteiger partial charge is 0.405 e. The second-order valence-corrected chi connectivity index (χ2v) is 2.58. The zero-order chi connectivity index (χ0) is 11.0. The molecule has 0 aromatic carbocycles. The molecule has 0 fully saturated rings. The van der Waals surface area contributed by atoms with Crippen molar-refractivity contribution >= 4 is 6.09 Å². The summed E-state index contributed by atoms with van der Waals surface area (Å²) < 4.78 is 5.13. The number of hydrogen-bond acceptors (Lipinski definition) is 3. The van der Waals surface area contributed by atoms with Crippen molar-refractivity contribution < 1.29 is 19.7 Å². The van der Waals surface area contributed by atoms with Gasteiger partial charge in [-0.2, -0.15) is 0 Å². The number of aliphatic hydroxyl groups excluding tert-OH is 1. The summed E-state index contributed by atoms with van der Waals surface area (Å²) in [4.78, 5) is 10.3. The topological polar surface area (TPSA) is 78.8 Å². The van der Waals surface area contributed by atoms with Gasteiger partial charge in [0.15, 0.2) is 0 Å². The fourth-order valence-corrected chi connectivity index (χ4v) is 0.750. The van der Waals surface area contributed by atoms with E-state index >= 15 is 0 Å². The summed E-state index contributed by atoms with van der Waals surface area (Å²) in [6, 6.07) is -0.485. The predicted octanol–water partition coefficient (Wildman–Crippen LogP) is 0.372. The van der Waals surface area contributed by atoms with E-state index < -0.39 is 18.2 Å². The third kappa shape index (κ3) is 5.34. The molecule has 5 nitrogen and oxygen atoms in total. The van der Waals surface area contributed by atoms with Crippen LogP contribution in [0.25, 0.3) is 0 Å². The van der Waals surface area contributed by atoms with Crippen LogP contribution in [-0.2, 0) is 4.74 Å². The Morgan fingerprint density at radius 1 is 1.50 bits per heavy atom. The molecule has 0 aliphatic rings. The molecule has 0 spiro atoms. The lowest BCUT2D eigenvalue weighted by atomic mass is 10.3. The van der Waals surface area contributed by atoms with Crippen LogP contribution in [0.2, 0.25) is 0 Å². The number of nitrogens with one attached hydrogen (secondary N) is 1. The molecule has 0 bridgehead atoms. The van der Waals surface area contributed by atoms with Crippen LogP contribution in [0.3, 0.4) is 0 Å². The second kappa shape index (κ2) is 7.11. The van der Waals surface area contributed by atoms with Crippen molar-refractivity contribution in [1.29, 1.82) is 0 Å². The van der Waals surface area contributed by atoms with E-state index in [1.54, 1.807) is 0 Å². The van der Waals surface area contributed by atoms with E-state index in [4.69, 9.17) is 14.9 Å². The van der Waals surface area contributed by atoms with Crippen molar-refractivity contribution in [2.75, 3.05) is 13.2 Å². The molecule has 0 aliphatic heterocycles. The van der Waals surface area contributed by atoms with Crippen LogP contribution >= 0.6 is 0 Å². The summed E-state index contributed by atoms with van der Waals surface area (Å²) in [7, 11) is 0. The average Bonchev–Trinajstić information content (AvgIpc) is 2.17. The zero-order valence-electron chi connectivity index (χ0n) is 7.85. The third-order valence-electron chi connectivity index (χ3n) is 1.53. The fraction of sp³-hybridized carbons (Fsp3) is 0.444. The minimum absolute atomic E-state index is 0.118. The summed E-state index contributed by atoms with van der Waals surface area (Å²) in [6.45, 7) is 6.84. The molecule has 0 aromatic heterocycles. The van der Waals surface area contributed by atoms with Crippen LogP contribution in [-0.4, -0.2) is 41.7 Å². The molecule has 0 saturated carbocycles. The van der Waals surface area contributed by atoms with Gasteiger partial charge in [0.05, 0.1) is 25.4 Å². The first-order chi connectivity index (χ1) is 6.63. The maximum absolute atomic E-state index is 10.3. The van der Waals surface area contributed by atoms with Gasteiger partial charge in [-0.25, -0.2) is 4.79 Å². The van der Waals surface area contributed by atoms with Crippen molar-refractivity contribution in [3.8, 4) is 0 Å². The van der Waals surface area contributed by atoms with Gasteiger partial charge in [-0.15, -0.1) is 13.2 Å². The molecule has 1 amide bonds. The molecule has 5 heteroatoms. The van der Waals surface area contributed by atoms with Crippen LogP contribution in [0.5, 0.6) is 0 Å². The van der Waals surface area contributed by atoms with Crippen molar-refractivity contribution in [3.63, 3.8) is 0 Å². The molecule has 0 heterocycles. The number of rotatable bonds is 7. The molecule has 0 rings (SSSR count). The SMILES string of the molecule is C=CC(CO)OC[C@H](C=C)NC(=O)O. The summed E-state index contributed by atoms with van der Waals surface area (Å²) in [5.74, 6) is 0. The first kappa shape index (κ1) is 12.7. The number of aliphatic hydroxyl groups is 1. The van der Waals surface area contributed by atoms with Crippen molar-refractivity contribution in [3.05, 3.63) is 25.3 Å². The Morgan fingerprint density at radius 3 is 2.50 bits per heavy atom. The minimum Gasteiger partial charge on any atom is -0.465 e. The van der Waals surface area contributed by atoms with E-state index in [-0.39, 0.29) is 13.2 Å². The zero-order valence-corrected chi connectivity index (χ0v) is 7.85. The Kier molecular flexibility index (Phi) is 6.43. The van der Waals surface area contributed by atoms with Crippen LogP contribution < -0.4 is 5.32 Å². The Morgan fingerprint density at radius 2 is 2.14 bits per heavy atom. The second-order valence-electron chi connectivity index (χ2n) is 2.58. The van der Waals surface area contributed by atoms with Crippen LogP contribution in [0.15, 0.2) is 25.3 Å². The molecule has 0 aromatic rings. The quantitative estimate of drug-likeness (QED) is 0.520. The van der Waals surface area contributed by atoms with E-state index in [1.807, 2.05) is 0 Å². The highest BCUT2D eigenvalue weighted by molar-refractivity contribution is 5.65. The highest BCUT2D eigenvalue weighted by atomic mass is 16.5. The van der Waals surface area contributed by atoms with Gasteiger partial charge in [-0.05, 0) is 0 Å². The summed E-state index contributed by atoms with van der Waals surface area (Å²) in [5, 5.41) is 19.3. The molecule has 14 heavy (non-hydrogen) atoms. The number of ether oxygens (including phenoxy) is 1. The molecule has 80 valence electrons. The van der Waals surface area contributed by atoms with Crippen LogP contribution in [0.4, 0.5) is 4.79 Å². The Labute approximate surface area is 82.7 Å². The van der Waals surface area contributed by atoms with Gasteiger partial charge >= 0.3 is 6.09 Å². The molecule has 0 radical (unpaired) electrons. The summed E-state index contributed by atoms with van der Waals surface area (Å²) >= 11 is 0. The molecule has 2 atom stereocenters. The van der Waals surface area contributed by atoms with Crippen LogP contribution in [0, 0.1) is 0 Å². The van der Waals surface area contributed by atoms with Gasteiger partial charge in [0.1, 0.15) is 0 Å². The van der Waals surface area contributed by atoms with E-state index in [1.165, 1.54) is 12.2 Å². The fourth-order valence-electron chi connectivity index (χ4n) is 0.750. The van der Waals surface area contributed by atoms with E-state index in [9.17, 15) is 4.79 Å². The average molecular weight is 201 g/mol. The number of carbonyl (C=O) groups is 1. The first-order valence-corrected chi connectivity index (χ1v) is 4.11. The van der Waals surface area contributed by atoms with Gasteiger partial charge in [0.25, 0.3) is 0 Å². The molecular weight excluding hydrogens is 186 g/mol. The Balaban J connectivity index is 3.87. The van der Waals surface area contributed by atoms with Crippen molar-refractivity contribution in [1.82, 2.24) is 5.32 Å². The highest BCUT2D eigenvalue weighted by Crippen LogP contribution is 1.95. The summed E-state index contributed by atoms with van der Waals surface area (Å²) in [5.41, 5.74) is 0. The maximum Gasteiger partial charge on any atom is 0.405 e. The monoisotopic (exact) mass is 201 g/mol. The predicted molar refractivity (Wildman–Crippen MR) is 52.2 cm³/mol. The highest BCUT2D eigenvalue weighted by Gasteiger charge is 2.09. The molecule has 3 N–H and O–H groups in total. The van der Waals surface area contributed by atoms with Gasteiger partial charge in [-0.3, -0.25) is 0 Å². The third-order valence-corrected chi connectivity index (χ3v) is 1.53. The number of hydrogen-bond donors (Lipinski definition) is 3. The first-order valence-electron chi connectivity index (χ1n) is 4.11. The molecule has 0 aliphatic carbocycles. The lowest BCUT2D eigenvalue weighted by Gasteiger charge is -2.16. The Hall–Kier alpha value is -1.33. The van der Waals surface area contributed by atoms with E-state index in [2.05, 4.69) is 18.5 Å². The van der Waals surface area contributed by atoms with Crippen LogP contribution in [0.1, 0.15) is 0 Å².